The summed E-state index contributed by atoms with van der Waals surface area (Å²) in [7, 11) is 0. The number of carbonyl (C=O) groups excluding carboxylic acids is 1. The fourth-order valence-electron chi connectivity index (χ4n) is 3.60. The van der Waals surface area contributed by atoms with Crippen molar-refractivity contribution in [3.63, 3.8) is 0 Å². The lowest BCUT2D eigenvalue weighted by molar-refractivity contribution is -0.115. The third kappa shape index (κ3) is 5.06. The van der Waals surface area contributed by atoms with E-state index in [9.17, 15) is 14.4 Å². The van der Waals surface area contributed by atoms with Crippen LogP contribution in [0.25, 0.3) is 0 Å². The van der Waals surface area contributed by atoms with Gasteiger partial charge in [0.1, 0.15) is 16.9 Å². The van der Waals surface area contributed by atoms with Gasteiger partial charge in [0.2, 0.25) is 5.91 Å². The monoisotopic (exact) mass is 441 g/mol. The van der Waals surface area contributed by atoms with E-state index in [4.69, 9.17) is 0 Å². The predicted octanol–water partition coefficient (Wildman–Crippen LogP) is 4.92. The summed E-state index contributed by atoms with van der Waals surface area (Å²) in [5.74, 6) is -0.528. The van der Waals surface area contributed by atoms with E-state index in [1.165, 1.54) is 29.0 Å². The van der Waals surface area contributed by atoms with Gasteiger partial charge in [0, 0.05) is 24.5 Å². The number of nitrogens with zero attached hydrogens (tertiary/aromatic N) is 2. The summed E-state index contributed by atoms with van der Waals surface area (Å²) in [6.45, 7) is 2.53. The van der Waals surface area contributed by atoms with Gasteiger partial charge < -0.3 is 5.32 Å². The molecule has 4 rings (SSSR count). The lowest BCUT2D eigenvalue weighted by atomic mass is 10.0. The molecule has 0 spiro atoms. The second-order valence-corrected chi connectivity index (χ2v) is 8.22. The van der Waals surface area contributed by atoms with Gasteiger partial charge in [0.15, 0.2) is 0 Å². The highest BCUT2D eigenvalue weighted by Gasteiger charge is 2.25. The molecule has 4 nitrogen and oxygen atoms in total. The highest BCUT2D eigenvalue weighted by molar-refractivity contribution is 7.16. The number of hydrogen-bond acceptors (Lipinski definition) is 4. The first-order chi connectivity index (χ1) is 14.1. The van der Waals surface area contributed by atoms with Gasteiger partial charge in [-0.15, -0.1) is 23.7 Å². The third-order valence-electron chi connectivity index (χ3n) is 5.03. The second-order valence-electron chi connectivity index (χ2n) is 7.12. The molecule has 2 aromatic carbocycles. The van der Waals surface area contributed by atoms with Gasteiger partial charge in [0.05, 0.1) is 12.0 Å². The normalized spacial score (nSPS) is 13.1. The van der Waals surface area contributed by atoms with Crippen molar-refractivity contribution in [1.29, 1.82) is 5.26 Å². The maximum Gasteiger partial charge on any atom is 0.229 e. The fraction of sp³-hybridized carbons (Fsp3) is 0.217. The molecule has 1 N–H and O–H groups in total. The Morgan fingerprint density at radius 2 is 1.87 bits per heavy atom. The summed E-state index contributed by atoms with van der Waals surface area (Å²) in [6.07, 6.45) is 0.948. The summed E-state index contributed by atoms with van der Waals surface area (Å²) < 4.78 is 13.0. The van der Waals surface area contributed by atoms with Crippen LogP contribution in [0.3, 0.4) is 0 Å². The molecule has 0 saturated heterocycles. The molecule has 1 aromatic heterocycles. The molecule has 2 heterocycles. The summed E-state index contributed by atoms with van der Waals surface area (Å²) in [4.78, 5) is 15.9. The van der Waals surface area contributed by atoms with Crippen LogP contribution in [0.1, 0.15) is 27.1 Å². The number of fused-ring (bicyclic) bond motifs is 1. The molecule has 30 heavy (non-hydrogen) atoms. The molecular weight excluding hydrogens is 421 g/mol. The Hall–Kier alpha value is -2.72. The van der Waals surface area contributed by atoms with Crippen LogP contribution in [-0.4, -0.2) is 17.4 Å². The van der Waals surface area contributed by atoms with Crippen LogP contribution < -0.4 is 5.32 Å². The molecule has 1 amide bonds. The van der Waals surface area contributed by atoms with Crippen LogP contribution in [0, 0.1) is 17.1 Å². The molecule has 0 aliphatic carbocycles. The van der Waals surface area contributed by atoms with E-state index in [2.05, 4.69) is 28.4 Å². The minimum absolute atomic E-state index is 0. The number of hydrogen-bond donors (Lipinski definition) is 1. The Morgan fingerprint density at radius 1 is 1.13 bits per heavy atom. The molecule has 0 saturated carbocycles. The molecule has 154 valence electrons. The zero-order valence-electron chi connectivity index (χ0n) is 16.2. The van der Waals surface area contributed by atoms with Crippen molar-refractivity contribution >= 4 is 34.7 Å². The van der Waals surface area contributed by atoms with Crippen LogP contribution in [-0.2, 0) is 30.7 Å². The van der Waals surface area contributed by atoms with Crippen LogP contribution in [0.15, 0.2) is 54.6 Å². The lowest BCUT2D eigenvalue weighted by Crippen LogP contribution is -2.29. The first kappa shape index (κ1) is 22.0. The standard InChI is InChI=1S/C23H20FN3OS.ClH/c24-18-8-6-16(7-9-18)12-22(28)26-23-20(13-25)19-10-11-27(15-21(19)29-23)14-17-4-2-1-3-5-17;/h1-9H,10-12,14-15H2,(H,26,28);1H. The zero-order valence-corrected chi connectivity index (χ0v) is 17.9. The summed E-state index contributed by atoms with van der Waals surface area (Å²) in [5, 5.41) is 13.2. The van der Waals surface area contributed by atoms with E-state index in [0.29, 0.717) is 10.6 Å². The van der Waals surface area contributed by atoms with E-state index in [1.54, 1.807) is 12.1 Å². The number of benzene rings is 2. The lowest BCUT2D eigenvalue weighted by Gasteiger charge is -2.26. The molecule has 0 bridgehead atoms. The van der Waals surface area contributed by atoms with Gasteiger partial charge in [-0.1, -0.05) is 42.5 Å². The van der Waals surface area contributed by atoms with Crippen molar-refractivity contribution in [2.75, 3.05) is 11.9 Å². The third-order valence-corrected chi connectivity index (χ3v) is 6.16. The number of carbonyl (C=O) groups is 1. The maximum absolute atomic E-state index is 13.0. The number of nitriles is 1. The molecule has 1 aliphatic rings. The number of anilines is 1. The quantitative estimate of drug-likeness (QED) is 0.611. The molecule has 1 aliphatic heterocycles. The molecule has 0 radical (unpaired) electrons. The minimum Gasteiger partial charge on any atom is -0.316 e. The maximum atomic E-state index is 13.0. The van der Waals surface area contributed by atoms with Crippen LogP contribution in [0.5, 0.6) is 0 Å². The number of nitrogens with one attached hydrogen (secondary N) is 1. The van der Waals surface area contributed by atoms with Gasteiger partial charge in [-0.3, -0.25) is 9.69 Å². The molecular formula is C23H21ClFN3OS. The van der Waals surface area contributed by atoms with E-state index in [-0.39, 0.29) is 30.6 Å². The highest BCUT2D eigenvalue weighted by Crippen LogP contribution is 2.37. The zero-order chi connectivity index (χ0) is 20.2. The molecule has 3 aromatic rings. The van der Waals surface area contributed by atoms with Crippen molar-refractivity contribution < 1.29 is 9.18 Å². The Kier molecular flexibility index (Phi) is 7.22. The second kappa shape index (κ2) is 9.86. The number of halogens is 2. The summed E-state index contributed by atoms with van der Waals surface area (Å²) in [5.41, 5.74) is 3.63. The average molecular weight is 442 g/mol. The van der Waals surface area contributed by atoms with Gasteiger partial charge in [-0.2, -0.15) is 5.26 Å². The van der Waals surface area contributed by atoms with Gasteiger partial charge in [-0.05, 0) is 35.2 Å². The average Bonchev–Trinajstić information content (AvgIpc) is 3.06. The number of rotatable bonds is 5. The molecule has 0 fully saturated rings. The summed E-state index contributed by atoms with van der Waals surface area (Å²) in [6, 6.07) is 18.5. The molecule has 7 heteroatoms. The van der Waals surface area contributed by atoms with Crippen molar-refractivity contribution in [3.8, 4) is 6.07 Å². The van der Waals surface area contributed by atoms with E-state index >= 15 is 0 Å². The summed E-state index contributed by atoms with van der Waals surface area (Å²) >= 11 is 1.49. The first-order valence-electron chi connectivity index (χ1n) is 9.47. The Labute approximate surface area is 185 Å². The largest absolute Gasteiger partial charge is 0.316 e. The topological polar surface area (TPSA) is 56.1 Å². The van der Waals surface area contributed by atoms with Crippen LogP contribution >= 0.6 is 23.7 Å². The van der Waals surface area contributed by atoms with Gasteiger partial charge >= 0.3 is 0 Å². The number of thiophene rings is 1. The number of amides is 1. The molecule has 0 atom stereocenters. The fourth-order valence-corrected chi connectivity index (χ4v) is 4.85. The Bertz CT molecular complexity index is 1060. The Balaban J connectivity index is 0.00000256. The van der Waals surface area contributed by atoms with Gasteiger partial charge in [0.25, 0.3) is 0 Å². The van der Waals surface area contributed by atoms with E-state index < -0.39 is 0 Å². The predicted molar refractivity (Wildman–Crippen MR) is 119 cm³/mol. The van der Waals surface area contributed by atoms with Crippen molar-refractivity contribution in [1.82, 2.24) is 4.90 Å². The van der Waals surface area contributed by atoms with Gasteiger partial charge in [-0.25, -0.2) is 4.39 Å². The van der Waals surface area contributed by atoms with Crippen molar-refractivity contribution in [2.45, 2.75) is 25.9 Å². The van der Waals surface area contributed by atoms with Crippen LogP contribution in [0.4, 0.5) is 9.39 Å². The SMILES string of the molecule is Cl.N#Cc1c(NC(=O)Cc2ccc(F)cc2)sc2c1CCN(Cc1ccccc1)C2. The minimum atomic E-state index is -0.327. The van der Waals surface area contributed by atoms with Crippen LogP contribution in [0.2, 0.25) is 0 Å². The van der Waals surface area contributed by atoms with E-state index in [1.807, 2.05) is 18.2 Å². The van der Waals surface area contributed by atoms with E-state index in [0.717, 1.165) is 42.1 Å². The Morgan fingerprint density at radius 3 is 2.57 bits per heavy atom. The first-order valence-corrected chi connectivity index (χ1v) is 10.3. The highest BCUT2D eigenvalue weighted by atomic mass is 35.5. The van der Waals surface area contributed by atoms with Crippen molar-refractivity contribution in [3.05, 3.63) is 87.5 Å². The molecule has 0 unspecified atom stereocenters. The smallest absolute Gasteiger partial charge is 0.229 e. The van der Waals surface area contributed by atoms with Crippen molar-refractivity contribution in [2.24, 2.45) is 0 Å².